The van der Waals surface area contributed by atoms with Crippen LogP contribution in [-0.4, -0.2) is 23.9 Å². The molecule has 108 valence electrons. The summed E-state index contributed by atoms with van der Waals surface area (Å²) in [4.78, 5) is 0. The van der Waals surface area contributed by atoms with E-state index in [-0.39, 0.29) is 17.6 Å². The van der Waals surface area contributed by atoms with Crippen molar-refractivity contribution in [3.8, 4) is 5.75 Å². The third kappa shape index (κ3) is 5.57. The van der Waals surface area contributed by atoms with Crippen LogP contribution in [-0.2, 0) is 0 Å². The van der Waals surface area contributed by atoms with E-state index in [1.807, 2.05) is 19.9 Å². The van der Waals surface area contributed by atoms with Crippen molar-refractivity contribution in [3.05, 3.63) is 29.6 Å². The summed E-state index contributed by atoms with van der Waals surface area (Å²) in [6.07, 6.45) is 0.460. The quantitative estimate of drug-likeness (QED) is 0.799. The van der Waals surface area contributed by atoms with Crippen LogP contribution in [0.3, 0.4) is 0 Å². The third-order valence-electron chi connectivity index (χ3n) is 2.94. The molecule has 3 nitrogen and oxygen atoms in total. The fourth-order valence-electron chi connectivity index (χ4n) is 1.74. The second-order valence-corrected chi connectivity index (χ2v) is 5.38. The van der Waals surface area contributed by atoms with Crippen LogP contribution in [0.1, 0.15) is 45.7 Å². The normalized spacial score (nSPS) is 13.4. The molecule has 2 N–H and O–H groups in total. The standard InChI is InChI=1S/C15H24FNO2/c1-5-17-11(2)12-6-7-14(13(16)10-12)19-9-8-15(3,4)18/h6-7,10-11,17-18H,5,8-9H2,1-4H3. The first kappa shape index (κ1) is 15.9. The number of hydrogen-bond acceptors (Lipinski definition) is 3. The van der Waals surface area contributed by atoms with Crippen LogP contribution >= 0.6 is 0 Å². The summed E-state index contributed by atoms with van der Waals surface area (Å²) in [5, 5.41) is 12.8. The average molecular weight is 269 g/mol. The SMILES string of the molecule is CCNC(C)c1ccc(OCCC(C)(C)O)c(F)c1. The summed E-state index contributed by atoms with van der Waals surface area (Å²) in [5.74, 6) is -0.130. The molecule has 0 fully saturated rings. The first-order valence-electron chi connectivity index (χ1n) is 6.71. The molecule has 19 heavy (non-hydrogen) atoms. The zero-order chi connectivity index (χ0) is 14.5. The maximum Gasteiger partial charge on any atom is 0.165 e. The van der Waals surface area contributed by atoms with E-state index >= 15 is 0 Å². The summed E-state index contributed by atoms with van der Waals surface area (Å²) in [6, 6.07) is 5.11. The summed E-state index contributed by atoms with van der Waals surface area (Å²) < 4.78 is 19.2. The van der Waals surface area contributed by atoms with Crippen LogP contribution in [0.15, 0.2) is 18.2 Å². The number of rotatable bonds is 7. The van der Waals surface area contributed by atoms with Crippen molar-refractivity contribution in [2.45, 2.75) is 45.8 Å². The highest BCUT2D eigenvalue weighted by atomic mass is 19.1. The summed E-state index contributed by atoms with van der Waals surface area (Å²) in [5.41, 5.74) is 0.102. The molecule has 1 rings (SSSR count). The minimum atomic E-state index is -0.796. The molecule has 0 saturated heterocycles. The van der Waals surface area contributed by atoms with E-state index in [4.69, 9.17) is 4.74 Å². The zero-order valence-corrected chi connectivity index (χ0v) is 12.2. The summed E-state index contributed by atoms with van der Waals surface area (Å²) >= 11 is 0. The Morgan fingerprint density at radius 3 is 2.63 bits per heavy atom. The monoisotopic (exact) mass is 269 g/mol. The third-order valence-corrected chi connectivity index (χ3v) is 2.94. The van der Waals surface area contributed by atoms with Crippen LogP contribution < -0.4 is 10.1 Å². The Hall–Kier alpha value is -1.13. The van der Waals surface area contributed by atoms with E-state index < -0.39 is 5.60 Å². The Kier molecular flexibility index (Phi) is 5.76. The van der Waals surface area contributed by atoms with E-state index in [2.05, 4.69) is 5.32 Å². The molecule has 0 amide bonds. The van der Waals surface area contributed by atoms with Gasteiger partial charge in [0, 0.05) is 12.5 Å². The molecular weight excluding hydrogens is 245 g/mol. The highest BCUT2D eigenvalue weighted by molar-refractivity contribution is 5.30. The van der Waals surface area contributed by atoms with Gasteiger partial charge in [-0.25, -0.2) is 4.39 Å². The number of benzene rings is 1. The van der Waals surface area contributed by atoms with Gasteiger partial charge in [-0.1, -0.05) is 13.0 Å². The van der Waals surface area contributed by atoms with Crippen LogP contribution in [0.5, 0.6) is 5.75 Å². The zero-order valence-electron chi connectivity index (χ0n) is 12.2. The molecule has 0 spiro atoms. The molecule has 1 aromatic carbocycles. The second-order valence-electron chi connectivity index (χ2n) is 5.38. The van der Waals surface area contributed by atoms with Crippen LogP contribution in [0.2, 0.25) is 0 Å². The first-order valence-corrected chi connectivity index (χ1v) is 6.71. The molecule has 0 saturated carbocycles. The lowest BCUT2D eigenvalue weighted by Gasteiger charge is -2.18. The van der Waals surface area contributed by atoms with Gasteiger partial charge in [0.25, 0.3) is 0 Å². The molecule has 0 radical (unpaired) electrons. The fourth-order valence-corrected chi connectivity index (χ4v) is 1.74. The molecule has 0 aromatic heterocycles. The van der Waals surface area contributed by atoms with Crippen molar-refractivity contribution in [1.82, 2.24) is 5.32 Å². The highest BCUT2D eigenvalue weighted by Gasteiger charge is 2.14. The molecule has 0 heterocycles. The van der Waals surface area contributed by atoms with Gasteiger partial charge in [0.15, 0.2) is 11.6 Å². The van der Waals surface area contributed by atoms with E-state index in [0.717, 1.165) is 12.1 Å². The van der Waals surface area contributed by atoms with Crippen LogP contribution in [0, 0.1) is 5.82 Å². The molecule has 4 heteroatoms. The lowest BCUT2D eigenvalue weighted by atomic mass is 10.1. The Bertz CT molecular complexity index is 402. The fraction of sp³-hybridized carbons (Fsp3) is 0.600. The minimum Gasteiger partial charge on any atom is -0.490 e. The van der Waals surface area contributed by atoms with E-state index in [1.54, 1.807) is 19.9 Å². The van der Waals surface area contributed by atoms with Gasteiger partial charge in [0.1, 0.15) is 0 Å². The molecule has 0 bridgehead atoms. The predicted molar refractivity (Wildman–Crippen MR) is 74.9 cm³/mol. The summed E-state index contributed by atoms with van der Waals surface area (Å²) in [7, 11) is 0. The Labute approximate surface area is 114 Å². The largest absolute Gasteiger partial charge is 0.490 e. The van der Waals surface area contributed by atoms with Gasteiger partial charge in [-0.2, -0.15) is 0 Å². The highest BCUT2D eigenvalue weighted by Crippen LogP contribution is 2.22. The van der Waals surface area contributed by atoms with Gasteiger partial charge < -0.3 is 15.2 Å². The van der Waals surface area contributed by atoms with Gasteiger partial charge in [-0.3, -0.25) is 0 Å². The summed E-state index contributed by atoms with van der Waals surface area (Å²) in [6.45, 7) is 8.55. The van der Waals surface area contributed by atoms with Crippen molar-refractivity contribution in [2.24, 2.45) is 0 Å². The number of hydrogen-bond donors (Lipinski definition) is 2. The smallest absolute Gasteiger partial charge is 0.165 e. The lowest BCUT2D eigenvalue weighted by molar-refractivity contribution is 0.0547. The first-order chi connectivity index (χ1) is 8.83. The molecule has 0 aliphatic carbocycles. The Balaban J connectivity index is 2.62. The Morgan fingerprint density at radius 2 is 2.11 bits per heavy atom. The van der Waals surface area contributed by atoms with Gasteiger partial charge in [0.2, 0.25) is 0 Å². The number of aliphatic hydroxyl groups is 1. The van der Waals surface area contributed by atoms with Gasteiger partial charge in [-0.05, 0) is 45.0 Å². The maximum atomic E-state index is 13.9. The molecule has 1 aromatic rings. The van der Waals surface area contributed by atoms with Crippen molar-refractivity contribution in [1.29, 1.82) is 0 Å². The van der Waals surface area contributed by atoms with Crippen molar-refractivity contribution >= 4 is 0 Å². The molecular formula is C15H24FNO2. The van der Waals surface area contributed by atoms with E-state index in [9.17, 15) is 9.50 Å². The minimum absolute atomic E-state index is 0.116. The number of nitrogens with one attached hydrogen (secondary N) is 1. The van der Waals surface area contributed by atoms with Crippen molar-refractivity contribution in [2.75, 3.05) is 13.2 Å². The maximum absolute atomic E-state index is 13.9. The topological polar surface area (TPSA) is 41.5 Å². The number of ether oxygens (including phenoxy) is 1. The molecule has 0 aliphatic rings. The van der Waals surface area contributed by atoms with E-state index in [0.29, 0.717) is 13.0 Å². The van der Waals surface area contributed by atoms with Crippen LogP contribution in [0.4, 0.5) is 4.39 Å². The predicted octanol–water partition coefficient (Wildman–Crippen LogP) is 3.04. The van der Waals surface area contributed by atoms with Gasteiger partial charge in [-0.15, -0.1) is 0 Å². The molecule has 1 atom stereocenters. The molecule has 0 aliphatic heterocycles. The Morgan fingerprint density at radius 1 is 1.42 bits per heavy atom. The van der Waals surface area contributed by atoms with Crippen molar-refractivity contribution < 1.29 is 14.2 Å². The molecule has 1 unspecified atom stereocenters. The number of halogens is 1. The second kappa shape index (κ2) is 6.87. The average Bonchev–Trinajstić information content (AvgIpc) is 2.30. The van der Waals surface area contributed by atoms with Gasteiger partial charge >= 0.3 is 0 Å². The van der Waals surface area contributed by atoms with Gasteiger partial charge in [0.05, 0.1) is 12.2 Å². The van der Waals surface area contributed by atoms with Crippen molar-refractivity contribution in [3.63, 3.8) is 0 Å². The lowest BCUT2D eigenvalue weighted by Crippen LogP contribution is -2.22. The van der Waals surface area contributed by atoms with E-state index in [1.165, 1.54) is 6.07 Å². The van der Waals surface area contributed by atoms with Crippen LogP contribution in [0.25, 0.3) is 0 Å².